The molecule has 0 fully saturated rings. The molecule has 0 saturated heterocycles. The first-order valence-electron chi connectivity index (χ1n) is 8.83. The molecule has 3 amide bonds. The lowest BCUT2D eigenvalue weighted by atomic mass is 10.1. The highest BCUT2D eigenvalue weighted by Crippen LogP contribution is 2.27. The Morgan fingerprint density at radius 3 is 2.69 bits per heavy atom. The molecule has 0 atom stereocenters. The summed E-state index contributed by atoms with van der Waals surface area (Å²) >= 11 is 1.60. The minimum Gasteiger partial charge on any atom is -0.337 e. The number of aromatic nitrogens is 2. The van der Waals surface area contributed by atoms with E-state index < -0.39 is 5.91 Å². The molecule has 1 aliphatic heterocycles. The monoisotopic (exact) mass is 402 g/mol. The van der Waals surface area contributed by atoms with E-state index in [0.29, 0.717) is 16.8 Å². The lowest BCUT2D eigenvalue weighted by Gasteiger charge is -2.06. The molecule has 0 radical (unpaired) electrons. The molecule has 2 N–H and O–H groups in total. The maximum Gasteiger partial charge on any atom is 0.261 e. The number of H-pyrrole nitrogens is 1. The quantitative estimate of drug-likeness (QED) is 0.510. The van der Waals surface area contributed by atoms with Gasteiger partial charge in [-0.2, -0.15) is 0 Å². The standard InChI is InChI=1S/C21H14N4O3S/c1-25-20(27)13-6-4-11(9-14(13)21(25)28)19(26)22-12-5-7-15-16(10-12)24-18(23-15)17-3-2-8-29-17/h2-10H,1H3,(H,22,26)(H,23,24). The number of carbonyl (C=O) groups excluding carboxylic acids is 3. The minimum atomic E-state index is -0.403. The Hall–Kier alpha value is -3.78. The number of nitrogens with one attached hydrogen (secondary N) is 2. The molecule has 8 heteroatoms. The first kappa shape index (κ1) is 17.3. The number of benzene rings is 2. The summed E-state index contributed by atoms with van der Waals surface area (Å²) in [6, 6.07) is 13.9. The highest BCUT2D eigenvalue weighted by atomic mass is 32.1. The highest BCUT2D eigenvalue weighted by molar-refractivity contribution is 7.13. The van der Waals surface area contributed by atoms with Crippen molar-refractivity contribution in [3.05, 3.63) is 70.6 Å². The number of anilines is 1. The SMILES string of the molecule is CN1C(=O)c2ccc(C(=O)Nc3ccc4nc(-c5cccs5)[nH]c4c3)cc2C1=O. The molecule has 0 unspecified atom stereocenters. The highest BCUT2D eigenvalue weighted by Gasteiger charge is 2.33. The molecule has 7 nitrogen and oxygen atoms in total. The van der Waals surface area contributed by atoms with Crippen LogP contribution >= 0.6 is 11.3 Å². The minimum absolute atomic E-state index is 0.245. The Kier molecular flexibility index (Phi) is 3.82. The Morgan fingerprint density at radius 2 is 1.90 bits per heavy atom. The van der Waals surface area contributed by atoms with Crippen LogP contribution in [0.3, 0.4) is 0 Å². The second kappa shape index (κ2) is 6.39. The largest absolute Gasteiger partial charge is 0.337 e. The van der Waals surface area contributed by atoms with Crippen LogP contribution in [0.25, 0.3) is 21.7 Å². The van der Waals surface area contributed by atoms with Crippen molar-refractivity contribution in [2.45, 2.75) is 0 Å². The van der Waals surface area contributed by atoms with E-state index >= 15 is 0 Å². The number of thiophene rings is 1. The summed E-state index contributed by atoms with van der Waals surface area (Å²) in [6.07, 6.45) is 0. The van der Waals surface area contributed by atoms with E-state index in [0.717, 1.165) is 26.6 Å². The van der Waals surface area contributed by atoms with Gasteiger partial charge in [-0.3, -0.25) is 19.3 Å². The lowest BCUT2D eigenvalue weighted by molar-refractivity contribution is 0.0693. The van der Waals surface area contributed by atoms with Gasteiger partial charge in [-0.15, -0.1) is 11.3 Å². The van der Waals surface area contributed by atoms with E-state index in [-0.39, 0.29) is 17.4 Å². The Labute approximate surface area is 169 Å². The normalized spacial score (nSPS) is 13.2. The molecular weight excluding hydrogens is 388 g/mol. The van der Waals surface area contributed by atoms with Crippen LogP contribution in [-0.4, -0.2) is 39.6 Å². The van der Waals surface area contributed by atoms with Gasteiger partial charge in [0.25, 0.3) is 17.7 Å². The molecule has 29 heavy (non-hydrogen) atoms. The zero-order valence-corrected chi connectivity index (χ0v) is 16.0. The van der Waals surface area contributed by atoms with Gasteiger partial charge >= 0.3 is 0 Å². The molecule has 2 aromatic heterocycles. The number of hydrogen-bond acceptors (Lipinski definition) is 5. The summed E-state index contributed by atoms with van der Waals surface area (Å²) < 4.78 is 0. The fourth-order valence-corrected chi connectivity index (χ4v) is 3.99. The number of rotatable bonds is 3. The van der Waals surface area contributed by atoms with Crippen molar-refractivity contribution in [2.75, 3.05) is 12.4 Å². The van der Waals surface area contributed by atoms with Gasteiger partial charge in [-0.25, -0.2) is 4.98 Å². The van der Waals surface area contributed by atoms with E-state index in [1.54, 1.807) is 23.5 Å². The molecule has 142 valence electrons. The number of aromatic amines is 1. The van der Waals surface area contributed by atoms with Crippen LogP contribution in [0.15, 0.2) is 53.9 Å². The predicted molar refractivity (Wildman–Crippen MR) is 110 cm³/mol. The summed E-state index contributed by atoms with van der Waals surface area (Å²) in [5.74, 6) is -0.341. The second-order valence-corrected chi connectivity index (χ2v) is 7.63. The molecule has 2 aromatic carbocycles. The van der Waals surface area contributed by atoms with Crippen molar-refractivity contribution >= 4 is 45.8 Å². The Balaban J connectivity index is 1.42. The van der Waals surface area contributed by atoms with E-state index in [4.69, 9.17) is 0 Å². The summed E-state index contributed by atoms with van der Waals surface area (Å²) in [5.41, 5.74) is 3.08. The lowest BCUT2D eigenvalue weighted by Crippen LogP contribution is -2.24. The van der Waals surface area contributed by atoms with E-state index in [9.17, 15) is 14.4 Å². The predicted octanol–water partition coefficient (Wildman–Crippen LogP) is 3.77. The topological polar surface area (TPSA) is 95.2 Å². The van der Waals surface area contributed by atoms with Crippen molar-refractivity contribution in [1.29, 1.82) is 0 Å². The first-order chi connectivity index (χ1) is 14.0. The van der Waals surface area contributed by atoms with Gasteiger partial charge in [-0.1, -0.05) is 6.07 Å². The molecule has 1 aliphatic rings. The van der Waals surface area contributed by atoms with Gasteiger partial charge in [0.2, 0.25) is 0 Å². The van der Waals surface area contributed by atoms with Crippen molar-refractivity contribution in [1.82, 2.24) is 14.9 Å². The van der Waals surface area contributed by atoms with Gasteiger partial charge in [0.15, 0.2) is 0 Å². The van der Waals surface area contributed by atoms with Crippen molar-refractivity contribution in [3.8, 4) is 10.7 Å². The number of carbonyl (C=O) groups is 3. The van der Waals surface area contributed by atoms with Crippen molar-refractivity contribution in [2.24, 2.45) is 0 Å². The van der Waals surface area contributed by atoms with Crippen LogP contribution in [0, 0.1) is 0 Å². The molecule has 0 saturated carbocycles. The van der Waals surface area contributed by atoms with Crippen molar-refractivity contribution in [3.63, 3.8) is 0 Å². The van der Waals surface area contributed by atoms with Crippen LogP contribution in [0.1, 0.15) is 31.1 Å². The van der Waals surface area contributed by atoms with Crippen LogP contribution < -0.4 is 5.32 Å². The maximum atomic E-state index is 12.7. The smallest absolute Gasteiger partial charge is 0.261 e. The molecule has 5 rings (SSSR count). The number of fused-ring (bicyclic) bond motifs is 2. The number of imide groups is 1. The zero-order chi connectivity index (χ0) is 20.1. The van der Waals surface area contributed by atoms with Crippen LogP contribution in [0.5, 0.6) is 0 Å². The van der Waals surface area contributed by atoms with Crippen LogP contribution in [0.4, 0.5) is 5.69 Å². The fourth-order valence-electron chi connectivity index (χ4n) is 3.32. The Bertz CT molecular complexity index is 1310. The summed E-state index contributed by atoms with van der Waals surface area (Å²) in [4.78, 5) is 46.7. The van der Waals surface area contributed by atoms with Gasteiger partial charge in [0, 0.05) is 18.3 Å². The third-order valence-electron chi connectivity index (χ3n) is 4.85. The van der Waals surface area contributed by atoms with Gasteiger partial charge < -0.3 is 10.3 Å². The van der Waals surface area contributed by atoms with Crippen molar-refractivity contribution < 1.29 is 14.4 Å². The number of nitrogens with zero attached hydrogens (tertiary/aromatic N) is 2. The third kappa shape index (κ3) is 2.81. The van der Waals surface area contributed by atoms with Gasteiger partial charge in [0.1, 0.15) is 5.82 Å². The van der Waals surface area contributed by atoms with E-state index in [1.165, 1.54) is 19.2 Å². The Morgan fingerprint density at radius 1 is 1.07 bits per heavy atom. The number of imidazole rings is 1. The molecule has 0 bridgehead atoms. The molecule has 0 aliphatic carbocycles. The van der Waals surface area contributed by atoms with E-state index in [2.05, 4.69) is 15.3 Å². The van der Waals surface area contributed by atoms with Gasteiger partial charge in [-0.05, 0) is 47.8 Å². The number of amides is 3. The molecule has 4 aromatic rings. The molecular formula is C21H14N4O3S. The third-order valence-corrected chi connectivity index (χ3v) is 5.72. The van der Waals surface area contributed by atoms with Crippen LogP contribution in [0.2, 0.25) is 0 Å². The fraction of sp³-hybridized carbons (Fsp3) is 0.0476. The average Bonchev–Trinajstić information content (AvgIpc) is 3.44. The first-order valence-corrected chi connectivity index (χ1v) is 9.70. The molecule has 0 spiro atoms. The average molecular weight is 402 g/mol. The van der Waals surface area contributed by atoms with E-state index in [1.807, 2.05) is 29.6 Å². The number of hydrogen-bond donors (Lipinski definition) is 2. The van der Waals surface area contributed by atoms with Crippen LogP contribution in [-0.2, 0) is 0 Å². The van der Waals surface area contributed by atoms with Gasteiger partial charge in [0.05, 0.1) is 27.0 Å². The summed E-state index contributed by atoms with van der Waals surface area (Å²) in [5, 5.41) is 4.82. The summed E-state index contributed by atoms with van der Waals surface area (Å²) in [6.45, 7) is 0. The zero-order valence-electron chi connectivity index (χ0n) is 15.2. The summed E-state index contributed by atoms with van der Waals surface area (Å²) in [7, 11) is 1.43. The second-order valence-electron chi connectivity index (χ2n) is 6.68. The molecule has 3 heterocycles. The maximum absolute atomic E-state index is 12.7.